The van der Waals surface area contributed by atoms with E-state index < -0.39 is 10.0 Å². The van der Waals surface area contributed by atoms with E-state index in [9.17, 15) is 13.2 Å². The number of aryl methyl sites for hydroxylation is 1. The van der Waals surface area contributed by atoms with E-state index in [1.54, 1.807) is 31.0 Å². The molecule has 1 unspecified atom stereocenters. The van der Waals surface area contributed by atoms with E-state index in [0.29, 0.717) is 30.0 Å². The van der Waals surface area contributed by atoms with Crippen LogP contribution in [0, 0.1) is 12.8 Å². The topological polar surface area (TPSA) is 92.5 Å². The van der Waals surface area contributed by atoms with Crippen LogP contribution >= 0.6 is 0 Å². The Kier molecular flexibility index (Phi) is 7.42. The van der Waals surface area contributed by atoms with Crippen molar-refractivity contribution < 1.29 is 13.2 Å². The number of benzene rings is 1. The summed E-state index contributed by atoms with van der Waals surface area (Å²) in [6.45, 7) is 6.40. The number of hydrogen-bond acceptors (Lipinski definition) is 4. The van der Waals surface area contributed by atoms with Crippen LogP contribution in [0.5, 0.6) is 0 Å². The van der Waals surface area contributed by atoms with Crippen LogP contribution in [-0.4, -0.2) is 44.9 Å². The summed E-state index contributed by atoms with van der Waals surface area (Å²) in [5.41, 5.74) is 7.08. The van der Waals surface area contributed by atoms with Gasteiger partial charge in [-0.15, -0.1) is 0 Å². The zero-order chi connectivity index (χ0) is 20.2. The molecule has 0 heterocycles. The van der Waals surface area contributed by atoms with Crippen molar-refractivity contribution in [1.29, 1.82) is 0 Å². The number of sulfonamides is 1. The number of amides is 1. The van der Waals surface area contributed by atoms with Crippen LogP contribution in [0.4, 0.5) is 0 Å². The van der Waals surface area contributed by atoms with Gasteiger partial charge >= 0.3 is 0 Å². The molecule has 1 aromatic rings. The van der Waals surface area contributed by atoms with E-state index in [-0.39, 0.29) is 22.9 Å². The largest absolute Gasteiger partial charge is 0.342 e. The van der Waals surface area contributed by atoms with E-state index in [1.807, 2.05) is 0 Å². The molecule has 6 nitrogen and oxygen atoms in total. The van der Waals surface area contributed by atoms with Crippen LogP contribution in [0.1, 0.15) is 61.9 Å². The molecule has 1 atom stereocenters. The molecular weight excluding hydrogens is 362 g/mol. The highest BCUT2D eigenvalue weighted by Crippen LogP contribution is 2.23. The minimum atomic E-state index is -3.63. The maximum Gasteiger partial charge on any atom is 0.253 e. The zero-order valence-electron chi connectivity index (χ0n) is 16.9. The van der Waals surface area contributed by atoms with E-state index in [0.717, 1.165) is 25.7 Å². The normalized spacial score (nSPS) is 16.7. The van der Waals surface area contributed by atoms with Gasteiger partial charge in [-0.3, -0.25) is 4.79 Å². The molecule has 3 N–H and O–H groups in total. The first-order valence-corrected chi connectivity index (χ1v) is 11.2. The number of nitrogens with zero attached hydrogens (tertiary/aromatic N) is 1. The average Bonchev–Trinajstić information content (AvgIpc) is 3.11. The van der Waals surface area contributed by atoms with E-state index >= 15 is 0 Å². The van der Waals surface area contributed by atoms with Gasteiger partial charge in [-0.2, -0.15) is 0 Å². The van der Waals surface area contributed by atoms with Crippen molar-refractivity contribution >= 4 is 15.9 Å². The molecule has 2 rings (SSSR count). The summed E-state index contributed by atoms with van der Waals surface area (Å²) in [7, 11) is -1.91. The first-order chi connectivity index (χ1) is 12.6. The molecule has 0 saturated heterocycles. The van der Waals surface area contributed by atoms with Crippen molar-refractivity contribution in [2.24, 2.45) is 11.7 Å². The highest BCUT2D eigenvalue weighted by Gasteiger charge is 2.25. The second-order valence-electron chi connectivity index (χ2n) is 8.01. The van der Waals surface area contributed by atoms with Crippen molar-refractivity contribution in [2.75, 3.05) is 13.6 Å². The van der Waals surface area contributed by atoms with Gasteiger partial charge in [0.15, 0.2) is 0 Å². The third kappa shape index (κ3) is 5.77. The second-order valence-corrected chi connectivity index (χ2v) is 9.69. The molecule has 7 heteroatoms. The highest BCUT2D eigenvalue weighted by molar-refractivity contribution is 7.89. The number of nitrogens with two attached hydrogens (primary N) is 1. The van der Waals surface area contributed by atoms with Gasteiger partial charge in [-0.1, -0.05) is 32.8 Å². The average molecular weight is 396 g/mol. The Hall–Kier alpha value is -1.44. The minimum absolute atomic E-state index is 0.00560. The summed E-state index contributed by atoms with van der Waals surface area (Å²) < 4.78 is 28.4. The smallest absolute Gasteiger partial charge is 0.253 e. The van der Waals surface area contributed by atoms with Gasteiger partial charge in [0.05, 0.1) is 4.90 Å². The molecule has 0 bridgehead atoms. The summed E-state index contributed by atoms with van der Waals surface area (Å²) in [5.74, 6) is 0.162. The molecule has 0 radical (unpaired) electrons. The van der Waals surface area contributed by atoms with Crippen LogP contribution in [0.15, 0.2) is 23.1 Å². The second kappa shape index (κ2) is 9.17. The lowest BCUT2D eigenvalue weighted by molar-refractivity contribution is 0.0789. The molecule has 0 aromatic heterocycles. The van der Waals surface area contributed by atoms with E-state index in [2.05, 4.69) is 18.6 Å². The SMILES string of the molecule is Cc1ccc(C(=O)N(C)CCC(N)C(C)C)cc1S(=O)(=O)NC1CCCC1. The molecule has 1 aromatic carbocycles. The fraction of sp³-hybridized carbons (Fsp3) is 0.650. The molecule has 1 aliphatic rings. The van der Waals surface area contributed by atoms with Crippen molar-refractivity contribution in [1.82, 2.24) is 9.62 Å². The summed E-state index contributed by atoms with van der Waals surface area (Å²) in [6, 6.07) is 4.90. The Balaban J connectivity index is 2.14. The number of carbonyl (C=O) groups excluding carboxylic acids is 1. The van der Waals surface area contributed by atoms with Crippen molar-refractivity contribution in [3.8, 4) is 0 Å². The predicted molar refractivity (Wildman–Crippen MR) is 108 cm³/mol. The Labute approximate surface area is 163 Å². The summed E-state index contributed by atoms with van der Waals surface area (Å²) in [5, 5.41) is 0. The van der Waals surface area contributed by atoms with Gasteiger partial charge in [0.1, 0.15) is 0 Å². The van der Waals surface area contributed by atoms with Crippen LogP contribution in [0.3, 0.4) is 0 Å². The Morgan fingerprint density at radius 3 is 2.52 bits per heavy atom. The summed E-state index contributed by atoms with van der Waals surface area (Å²) in [4.78, 5) is 14.5. The third-order valence-electron chi connectivity index (χ3n) is 5.40. The van der Waals surface area contributed by atoms with Crippen molar-refractivity contribution in [3.63, 3.8) is 0 Å². The maximum absolute atomic E-state index is 12.8. The third-order valence-corrected chi connectivity index (χ3v) is 7.06. The van der Waals surface area contributed by atoms with Crippen molar-refractivity contribution in [2.45, 2.75) is 69.9 Å². The molecule has 1 aliphatic carbocycles. The lowest BCUT2D eigenvalue weighted by Gasteiger charge is -2.22. The van der Waals surface area contributed by atoms with Crippen LogP contribution in [0.25, 0.3) is 0 Å². The molecule has 0 spiro atoms. The van der Waals surface area contributed by atoms with E-state index in [1.165, 1.54) is 6.07 Å². The number of hydrogen-bond donors (Lipinski definition) is 2. The molecule has 1 saturated carbocycles. The highest BCUT2D eigenvalue weighted by atomic mass is 32.2. The number of rotatable bonds is 8. The Bertz CT molecular complexity index is 756. The molecule has 1 amide bonds. The standard InChI is InChI=1S/C20H33N3O3S/c1-14(2)18(21)11-12-23(4)20(24)16-10-9-15(3)19(13-16)27(25,26)22-17-7-5-6-8-17/h9-10,13-14,17-18,22H,5-8,11-12,21H2,1-4H3. The van der Waals surface area contributed by atoms with Gasteiger partial charge in [0.25, 0.3) is 5.91 Å². The Morgan fingerprint density at radius 2 is 1.93 bits per heavy atom. The molecule has 152 valence electrons. The number of carbonyl (C=O) groups is 1. The van der Waals surface area contributed by atoms with Crippen LogP contribution < -0.4 is 10.5 Å². The van der Waals surface area contributed by atoms with E-state index in [4.69, 9.17) is 5.73 Å². The molecule has 0 aliphatic heterocycles. The Morgan fingerprint density at radius 1 is 1.30 bits per heavy atom. The van der Waals surface area contributed by atoms with Crippen LogP contribution in [-0.2, 0) is 10.0 Å². The lowest BCUT2D eigenvalue weighted by atomic mass is 10.0. The van der Waals surface area contributed by atoms with Gasteiger partial charge in [0.2, 0.25) is 10.0 Å². The van der Waals surface area contributed by atoms with Crippen LogP contribution in [0.2, 0.25) is 0 Å². The lowest BCUT2D eigenvalue weighted by Crippen LogP contribution is -2.35. The van der Waals surface area contributed by atoms with Gasteiger partial charge in [-0.05, 0) is 49.8 Å². The first-order valence-electron chi connectivity index (χ1n) is 9.76. The number of nitrogens with one attached hydrogen (secondary N) is 1. The molecule has 27 heavy (non-hydrogen) atoms. The fourth-order valence-corrected chi connectivity index (χ4v) is 4.92. The van der Waals surface area contributed by atoms with Gasteiger partial charge < -0.3 is 10.6 Å². The summed E-state index contributed by atoms with van der Waals surface area (Å²) >= 11 is 0. The summed E-state index contributed by atoms with van der Waals surface area (Å²) in [6.07, 6.45) is 4.55. The zero-order valence-corrected chi connectivity index (χ0v) is 17.7. The fourth-order valence-electron chi connectivity index (χ4n) is 3.35. The van der Waals surface area contributed by atoms with Crippen molar-refractivity contribution in [3.05, 3.63) is 29.3 Å². The quantitative estimate of drug-likeness (QED) is 0.708. The first kappa shape index (κ1) is 21.9. The molecule has 1 fully saturated rings. The maximum atomic E-state index is 12.8. The predicted octanol–water partition coefficient (Wildman–Crippen LogP) is 2.66. The molecular formula is C20H33N3O3S. The minimum Gasteiger partial charge on any atom is -0.342 e. The van der Waals surface area contributed by atoms with Gasteiger partial charge in [-0.25, -0.2) is 13.1 Å². The van der Waals surface area contributed by atoms with Gasteiger partial charge in [0, 0.05) is 31.2 Å². The monoisotopic (exact) mass is 395 g/mol.